The Morgan fingerprint density at radius 3 is 2.59 bits per heavy atom. The van der Waals surface area contributed by atoms with E-state index in [9.17, 15) is 14.4 Å². The van der Waals surface area contributed by atoms with Crippen molar-refractivity contribution < 1.29 is 23.9 Å². The first-order valence-electron chi connectivity index (χ1n) is 8.50. The number of rotatable bonds is 6. The molecule has 1 saturated heterocycles. The van der Waals surface area contributed by atoms with Crippen LogP contribution in [-0.2, 0) is 14.3 Å². The summed E-state index contributed by atoms with van der Waals surface area (Å²) in [6.45, 7) is 1.84. The predicted octanol–water partition coefficient (Wildman–Crippen LogP) is 5.13. The van der Waals surface area contributed by atoms with Crippen LogP contribution in [0, 0.1) is 3.57 Å². The summed E-state index contributed by atoms with van der Waals surface area (Å²) in [5.41, 5.74) is 1.21. The van der Waals surface area contributed by atoms with Crippen molar-refractivity contribution in [2.24, 2.45) is 0 Å². The van der Waals surface area contributed by atoms with Gasteiger partial charge in [-0.25, -0.2) is 9.69 Å². The van der Waals surface area contributed by atoms with Crippen molar-refractivity contribution in [1.29, 1.82) is 0 Å². The van der Waals surface area contributed by atoms with Crippen LogP contribution in [0.5, 0.6) is 5.75 Å². The molecule has 0 bridgehead atoms. The van der Waals surface area contributed by atoms with Crippen LogP contribution in [0.15, 0.2) is 47.4 Å². The number of imide groups is 1. The van der Waals surface area contributed by atoms with Crippen LogP contribution in [0.4, 0.5) is 10.5 Å². The number of halogens is 2. The largest absolute Gasteiger partial charge is 0.481 e. The molecular weight excluding hydrogens is 529 g/mol. The molecule has 1 aliphatic rings. The number of amides is 2. The standard InChI is InChI=1S/C20H15ClINO5S/c1-2-27-18(24)11-28-16-8-3-12(9-15(16)22)10-17-19(25)23(20(26)29-17)14-6-4-13(21)5-7-14/h3-10H,2,11H2,1H3/b17-10+. The van der Waals surface area contributed by atoms with Crippen molar-refractivity contribution in [3.8, 4) is 5.75 Å². The first kappa shape index (κ1) is 21.7. The van der Waals surface area contributed by atoms with Crippen LogP contribution < -0.4 is 9.64 Å². The van der Waals surface area contributed by atoms with Gasteiger partial charge in [-0.2, -0.15) is 0 Å². The Morgan fingerprint density at radius 2 is 1.93 bits per heavy atom. The minimum atomic E-state index is -0.441. The minimum absolute atomic E-state index is 0.177. The number of anilines is 1. The van der Waals surface area contributed by atoms with Crippen molar-refractivity contribution >= 4 is 74.8 Å². The highest BCUT2D eigenvalue weighted by Gasteiger charge is 2.36. The third-order valence-electron chi connectivity index (χ3n) is 3.78. The Balaban J connectivity index is 1.75. The minimum Gasteiger partial charge on any atom is -0.481 e. The van der Waals surface area contributed by atoms with E-state index in [1.54, 1.807) is 55.5 Å². The SMILES string of the molecule is CCOC(=O)COc1ccc(/C=C2/SC(=O)N(c3ccc(Cl)cc3)C2=O)cc1I. The van der Waals surface area contributed by atoms with Crippen LogP contribution >= 0.6 is 46.0 Å². The van der Waals surface area contributed by atoms with Crippen LogP contribution in [0.25, 0.3) is 6.08 Å². The molecule has 1 aliphatic heterocycles. The van der Waals surface area contributed by atoms with E-state index in [1.807, 2.05) is 0 Å². The molecular formula is C20H15ClINO5S. The molecule has 0 unspecified atom stereocenters. The third-order valence-corrected chi connectivity index (χ3v) is 5.75. The second kappa shape index (κ2) is 9.64. The Kier molecular flexibility index (Phi) is 7.20. The molecule has 0 radical (unpaired) electrons. The Labute approximate surface area is 190 Å². The lowest BCUT2D eigenvalue weighted by molar-refractivity contribution is -0.145. The van der Waals surface area contributed by atoms with E-state index in [4.69, 9.17) is 21.1 Å². The zero-order valence-electron chi connectivity index (χ0n) is 15.2. The fourth-order valence-corrected chi connectivity index (χ4v) is 4.16. The lowest BCUT2D eigenvalue weighted by Crippen LogP contribution is -2.27. The van der Waals surface area contributed by atoms with Crippen molar-refractivity contribution in [1.82, 2.24) is 0 Å². The van der Waals surface area contributed by atoms with E-state index in [-0.39, 0.29) is 17.8 Å². The normalized spacial score (nSPS) is 15.1. The highest BCUT2D eigenvalue weighted by atomic mass is 127. The maximum atomic E-state index is 12.7. The van der Waals surface area contributed by atoms with Crippen LogP contribution in [-0.4, -0.2) is 30.3 Å². The Hall–Kier alpha value is -2.04. The average Bonchev–Trinajstić information content (AvgIpc) is 2.95. The summed E-state index contributed by atoms with van der Waals surface area (Å²) in [5.74, 6) is -0.298. The van der Waals surface area contributed by atoms with Gasteiger partial charge in [0.25, 0.3) is 11.1 Å². The Bertz CT molecular complexity index is 993. The van der Waals surface area contributed by atoms with E-state index in [1.165, 1.54) is 0 Å². The highest BCUT2D eigenvalue weighted by Crippen LogP contribution is 2.36. The fourth-order valence-electron chi connectivity index (χ4n) is 2.50. The summed E-state index contributed by atoms with van der Waals surface area (Å²) >= 11 is 8.82. The topological polar surface area (TPSA) is 72.9 Å². The van der Waals surface area contributed by atoms with Gasteiger partial charge in [0.15, 0.2) is 6.61 Å². The van der Waals surface area contributed by atoms with Gasteiger partial charge >= 0.3 is 5.97 Å². The molecule has 0 spiro atoms. The van der Waals surface area contributed by atoms with Gasteiger partial charge in [-0.15, -0.1) is 0 Å². The molecule has 29 heavy (non-hydrogen) atoms. The lowest BCUT2D eigenvalue weighted by atomic mass is 10.2. The number of ether oxygens (including phenoxy) is 2. The van der Waals surface area contributed by atoms with Gasteiger partial charge in [0, 0.05) is 5.02 Å². The van der Waals surface area contributed by atoms with Crippen molar-refractivity contribution in [2.75, 3.05) is 18.1 Å². The summed E-state index contributed by atoms with van der Waals surface area (Å²) in [5, 5.41) is 0.156. The molecule has 1 fully saturated rings. The van der Waals surface area contributed by atoms with Gasteiger partial charge in [-0.1, -0.05) is 17.7 Å². The summed E-state index contributed by atoms with van der Waals surface area (Å²) in [6.07, 6.45) is 1.65. The van der Waals surface area contributed by atoms with E-state index in [0.29, 0.717) is 28.0 Å². The molecule has 2 amide bonds. The van der Waals surface area contributed by atoms with Crippen molar-refractivity contribution in [3.63, 3.8) is 0 Å². The summed E-state index contributed by atoms with van der Waals surface area (Å²) in [4.78, 5) is 37.9. The first-order chi connectivity index (χ1) is 13.9. The molecule has 1 heterocycles. The molecule has 150 valence electrons. The second-order valence-electron chi connectivity index (χ2n) is 5.78. The van der Waals surface area contributed by atoms with E-state index in [0.717, 1.165) is 25.8 Å². The number of esters is 1. The number of hydrogen-bond donors (Lipinski definition) is 0. The second-order valence-corrected chi connectivity index (χ2v) is 8.37. The van der Waals surface area contributed by atoms with Crippen LogP contribution in [0.2, 0.25) is 5.02 Å². The molecule has 6 nitrogen and oxygen atoms in total. The van der Waals surface area contributed by atoms with Crippen molar-refractivity contribution in [3.05, 3.63) is 61.5 Å². The molecule has 2 aromatic carbocycles. The molecule has 3 rings (SSSR count). The number of carbonyl (C=O) groups excluding carboxylic acids is 3. The van der Waals surface area contributed by atoms with E-state index in [2.05, 4.69) is 22.6 Å². The number of hydrogen-bond acceptors (Lipinski definition) is 6. The number of benzene rings is 2. The fraction of sp³-hybridized carbons (Fsp3) is 0.150. The monoisotopic (exact) mass is 543 g/mol. The van der Waals surface area contributed by atoms with Gasteiger partial charge < -0.3 is 9.47 Å². The average molecular weight is 544 g/mol. The predicted molar refractivity (Wildman–Crippen MR) is 121 cm³/mol. The molecule has 0 aromatic heterocycles. The van der Waals surface area contributed by atoms with Crippen LogP contribution in [0.3, 0.4) is 0 Å². The summed E-state index contributed by atoms with van der Waals surface area (Å²) in [6, 6.07) is 11.8. The van der Waals surface area contributed by atoms with E-state index < -0.39 is 5.97 Å². The number of nitrogens with zero attached hydrogens (tertiary/aromatic N) is 1. The van der Waals surface area contributed by atoms with Crippen LogP contribution in [0.1, 0.15) is 12.5 Å². The number of thioether (sulfide) groups is 1. The quantitative estimate of drug-likeness (QED) is 0.286. The van der Waals surface area contributed by atoms with Gasteiger partial charge in [0.2, 0.25) is 0 Å². The summed E-state index contributed by atoms with van der Waals surface area (Å²) in [7, 11) is 0. The molecule has 0 atom stereocenters. The lowest BCUT2D eigenvalue weighted by Gasteiger charge is -2.12. The van der Waals surface area contributed by atoms with Gasteiger partial charge in [-0.05, 0) is 89.3 Å². The maximum Gasteiger partial charge on any atom is 0.344 e. The molecule has 2 aromatic rings. The molecule has 0 saturated carbocycles. The third kappa shape index (κ3) is 5.31. The van der Waals surface area contributed by atoms with Gasteiger partial charge in [0.05, 0.1) is 20.8 Å². The molecule has 9 heteroatoms. The van der Waals surface area contributed by atoms with Gasteiger partial charge in [-0.3, -0.25) is 9.59 Å². The highest BCUT2D eigenvalue weighted by molar-refractivity contribution is 14.1. The molecule has 0 N–H and O–H groups in total. The first-order valence-corrected chi connectivity index (χ1v) is 10.8. The van der Waals surface area contributed by atoms with E-state index >= 15 is 0 Å². The number of carbonyl (C=O) groups is 3. The maximum absolute atomic E-state index is 12.7. The van der Waals surface area contributed by atoms with Gasteiger partial charge in [0.1, 0.15) is 5.75 Å². The Morgan fingerprint density at radius 1 is 1.21 bits per heavy atom. The van der Waals surface area contributed by atoms with Crippen molar-refractivity contribution in [2.45, 2.75) is 6.92 Å². The zero-order chi connectivity index (χ0) is 21.0. The zero-order valence-corrected chi connectivity index (χ0v) is 18.9. The smallest absolute Gasteiger partial charge is 0.344 e. The summed E-state index contributed by atoms with van der Waals surface area (Å²) < 4.78 is 11.0. The molecule has 0 aliphatic carbocycles.